The van der Waals surface area contributed by atoms with Crippen molar-refractivity contribution >= 4 is 17.4 Å². The van der Waals surface area contributed by atoms with Crippen LogP contribution in [0.5, 0.6) is 0 Å². The van der Waals surface area contributed by atoms with E-state index in [9.17, 15) is 9.90 Å². The number of aliphatic hydroxyl groups is 1. The van der Waals surface area contributed by atoms with Crippen LogP contribution in [-0.4, -0.2) is 23.8 Å². The third-order valence-corrected chi connectivity index (χ3v) is 3.65. The molecule has 1 aromatic heterocycles. The minimum atomic E-state index is -0.278. The van der Waals surface area contributed by atoms with Crippen LogP contribution in [0.15, 0.2) is 47.2 Å². The van der Waals surface area contributed by atoms with Crippen LogP contribution in [-0.2, 0) is 13.0 Å². The van der Waals surface area contributed by atoms with Crippen molar-refractivity contribution in [3.05, 3.63) is 58.3 Å². The van der Waals surface area contributed by atoms with Crippen molar-refractivity contribution in [3.63, 3.8) is 0 Å². The second-order valence-electron chi connectivity index (χ2n) is 4.53. The number of hydrogen-bond acceptors (Lipinski definition) is 3. The lowest BCUT2D eigenvalue weighted by atomic mass is 10.1. The van der Waals surface area contributed by atoms with Crippen LogP contribution in [0.3, 0.4) is 0 Å². The molecule has 1 heterocycles. The van der Waals surface area contributed by atoms with Crippen molar-refractivity contribution < 1.29 is 9.90 Å². The summed E-state index contributed by atoms with van der Waals surface area (Å²) in [6.45, 7) is 0.416. The summed E-state index contributed by atoms with van der Waals surface area (Å²) in [7, 11) is 0. The van der Waals surface area contributed by atoms with Crippen LogP contribution < -0.4 is 10.6 Å². The van der Waals surface area contributed by atoms with E-state index in [0.717, 1.165) is 11.1 Å². The van der Waals surface area contributed by atoms with E-state index in [1.807, 2.05) is 47.2 Å². The minimum absolute atomic E-state index is 0.0826. The smallest absolute Gasteiger partial charge is 0.315 e. The molecule has 3 N–H and O–H groups in total. The fourth-order valence-electron chi connectivity index (χ4n) is 1.87. The summed E-state index contributed by atoms with van der Waals surface area (Å²) in [5.41, 5.74) is 2.17. The molecule has 4 nitrogen and oxygen atoms in total. The zero-order valence-electron chi connectivity index (χ0n) is 11.1. The maximum atomic E-state index is 11.8. The molecule has 0 saturated heterocycles. The molecule has 0 aliphatic carbocycles. The highest BCUT2D eigenvalue weighted by Crippen LogP contribution is 2.05. The van der Waals surface area contributed by atoms with Gasteiger partial charge in [0.25, 0.3) is 0 Å². The molecule has 2 aromatic rings. The van der Waals surface area contributed by atoms with Gasteiger partial charge in [0.05, 0.1) is 12.6 Å². The van der Waals surface area contributed by atoms with Gasteiger partial charge < -0.3 is 15.7 Å². The first kappa shape index (κ1) is 14.6. The highest BCUT2D eigenvalue weighted by atomic mass is 32.1. The Kier molecular flexibility index (Phi) is 5.58. The van der Waals surface area contributed by atoms with Crippen molar-refractivity contribution in [2.45, 2.75) is 19.0 Å². The first-order valence-electron chi connectivity index (χ1n) is 6.48. The summed E-state index contributed by atoms with van der Waals surface area (Å²) < 4.78 is 0. The summed E-state index contributed by atoms with van der Waals surface area (Å²) in [6.07, 6.45) is 0.614. The molecule has 20 heavy (non-hydrogen) atoms. The molecule has 106 valence electrons. The van der Waals surface area contributed by atoms with E-state index in [1.54, 1.807) is 11.3 Å². The van der Waals surface area contributed by atoms with Crippen molar-refractivity contribution in [3.8, 4) is 0 Å². The van der Waals surface area contributed by atoms with Gasteiger partial charge in [-0.1, -0.05) is 30.3 Å². The average molecular weight is 290 g/mol. The Morgan fingerprint density at radius 3 is 2.65 bits per heavy atom. The second kappa shape index (κ2) is 7.67. The van der Waals surface area contributed by atoms with Gasteiger partial charge in [-0.05, 0) is 34.4 Å². The van der Waals surface area contributed by atoms with E-state index >= 15 is 0 Å². The number of nitrogens with one attached hydrogen (secondary N) is 2. The van der Waals surface area contributed by atoms with Crippen LogP contribution in [0.4, 0.5) is 4.79 Å². The van der Waals surface area contributed by atoms with Crippen LogP contribution in [0.2, 0.25) is 0 Å². The molecule has 0 aliphatic rings. The summed E-state index contributed by atoms with van der Waals surface area (Å²) in [4.78, 5) is 11.8. The van der Waals surface area contributed by atoms with Crippen molar-refractivity contribution in [1.29, 1.82) is 0 Å². The molecule has 1 atom stereocenters. The molecule has 0 spiro atoms. The standard InChI is InChI=1S/C15H18N2O2S/c18-10-14(8-12-4-2-1-3-5-12)17-15(19)16-9-13-6-7-20-11-13/h1-7,11,14,18H,8-10H2,(H2,16,17,19)/t14-/m0/s1. The molecule has 0 unspecified atom stereocenters. The maximum Gasteiger partial charge on any atom is 0.315 e. The molecule has 5 heteroatoms. The molecule has 2 rings (SSSR count). The first-order valence-corrected chi connectivity index (χ1v) is 7.42. The van der Waals surface area contributed by atoms with E-state index < -0.39 is 0 Å². The SMILES string of the molecule is O=C(NCc1ccsc1)N[C@H](CO)Cc1ccccc1. The largest absolute Gasteiger partial charge is 0.394 e. The molecule has 0 fully saturated rings. The molecule has 0 radical (unpaired) electrons. The van der Waals surface area contributed by atoms with E-state index in [-0.39, 0.29) is 18.7 Å². The van der Waals surface area contributed by atoms with Crippen LogP contribution in [0.25, 0.3) is 0 Å². The van der Waals surface area contributed by atoms with Gasteiger partial charge in [0, 0.05) is 6.54 Å². The lowest BCUT2D eigenvalue weighted by Gasteiger charge is -2.16. The molecule has 1 aromatic carbocycles. The third-order valence-electron chi connectivity index (χ3n) is 2.91. The van der Waals surface area contributed by atoms with Crippen LogP contribution >= 0.6 is 11.3 Å². The van der Waals surface area contributed by atoms with Crippen molar-refractivity contribution in [1.82, 2.24) is 10.6 Å². The lowest BCUT2D eigenvalue weighted by molar-refractivity contribution is 0.215. The number of amides is 2. The highest BCUT2D eigenvalue weighted by Gasteiger charge is 2.11. The molecule has 0 saturated carbocycles. The number of carbonyl (C=O) groups is 1. The molecular formula is C15H18N2O2S. The Morgan fingerprint density at radius 2 is 2.00 bits per heavy atom. The first-order chi connectivity index (χ1) is 9.78. The predicted molar refractivity (Wildman–Crippen MR) is 80.7 cm³/mol. The molecule has 2 amide bonds. The number of benzene rings is 1. The normalized spacial score (nSPS) is 11.8. The number of thiophene rings is 1. The van der Waals surface area contributed by atoms with Gasteiger partial charge in [0.2, 0.25) is 0 Å². The number of aliphatic hydroxyl groups excluding tert-OH is 1. The Morgan fingerprint density at radius 1 is 1.20 bits per heavy atom. The fraction of sp³-hybridized carbons (Fsp3) is 0.267. The Hall–Kier alpha value is -1.85. The van der Waals surface area contributed by atoms with Gasteiger partial charge in [-0.25, -0.2) is 4.79 Å². The third kappa shape index (κ3) is 4.68. The summed E-state index contributed by atoms with van der Waals surface area (Å²) in [5, 5.41) is 18.9. The van der Waals surface area contributed by atoms with Gasteiger partial charge >= 0.3 is 6.03 Å². The van der Waals surface area contributed by atoms with Crippen molar-refractivity contribution in [2.75, 3.05) is 6.61 Å². The van der Waals surface area contributed by atoms with Gasteiger partial charge in [0.15, 0.2) is 0 Å². The average Bonchev–Trinajstić information content (AvgIpc) is 2.99. The second-order valence-corrected chi connectivity index (χ2v) is 5.31. The highest BCUT2D eigenvalue weighted by molar-refractivity contribution is 7.07. The molecular weight excluding hydrogens is 272 g/mol. The van der Waals surface area contributed by atoms with E-state index in [1.165, 1.54) is 0 Å². The number of urea groups is 1. The van der Waals surface area contributed by atoms with Crippen LogP contribution in [0.1, 0.15) is 11.1 Å². The maximum absolute atomic E-state index is 11.8. The zero-order valence-corrected chi connectivity index (χ0v) is 11.9. The Balaban J connectivity index is 1.79. The number of hydrogen-bond donors (Lipinski definition) is 3. The van der Waals surface area contributed by atoms with Gasteiger partial charge in [-0.3, -0.25) is 0 Å². The molecule has 0 bridgehead atoms. The number of rotatable bonds is 6. The topological polar surface area (TPSA) is 61.4 Å². The summed E-state index contributed by atoms with van der Waals surface area (Å²) in [6, 6.07) is 11.2. The molecule has 0 aliphatic heterocycles. The quantitative estimate of drug-likeness (QED) is 0.763. The van der Waals surface area contributed by atoms with Crippen molar-refractivity contribution in [2.24, 2.45) is 0 Å². The van der Waals surface area contributed by atoms with Gasteiger partial charge in [-0.15, -0.1) is 0 Å². The van der Waals surface area contributed by atoms with Gasteiger partial charge in [0.1, 0.15) is 0 Å². The monoisotopic (exact) mass is 290 g/mol. The van der Waals surface area contributed by atoms with E-state index in [0.29, 0.717) is 13.0 Å². The summed E-state index contributed by atoms with van der Waals surface area (Å²) >= 11 is 1.60. The zero-order chi connectivity index (χ0) is 14.2. The Bertz CT molecular complexity index is 514. The lowest BCUT2D eigenvalue weighted by Crippen LogP contribution is -2.44. The van der Waals surface area contributed by atoms with Crippen LogP contribution in [0, 0.1) is 0 Å². The minimum Gasteiger partial charge on any atom is -0.394 e. The van der Waals surface area contributed by atoms with Gasteiger partial charge in [-0.2, -0.15) is 11.3 Å². The Labute approximate surface area is 122 Å². The summed E-state index contributed by atoms with van der Waals surface area (Å²) in [5.74, 6) is 0. The van der Waals surface area contributed by atoms with E-state index in [4.69, 9.17) is 0 Å². The predicted octanol–water partition coefficient (Wildman–Crippen LogP) is 2.15. The number of carbonyl (C=O) groups excluding carboxylic acids is 1. The van der Waals surface area contributed by atoms with E-state index in [2.05, 4.69) is 10.6 Å². The fourth-order valence-corrected chi connectivity index (χ4v) is 2.54.